The van der Waals surface area contributed by atoms with Crippen LogP contribution < -0.4 is 10.3 Å². The van der Waals surface area contributed by atoms with Gasteiger partial charge in [0.25, 0.3) is 5.56 Å². The zero-order chi connectivity index (χ0) is 17.4. The molecule has 0 saturated carbocycles. The van der Waals surface area contributed by atoms with Gasteiger partial charge in [0, 0.05) is 25.6 Å². The van der Waals surface area contributed by atoms with E-state index in [0.717, 1.165) is 35.3 Å². The molecular formula is C18H20N4O2S. The van der Waals surface area contributed by atoms with Crippen LogP contribution in [0.15, 0.2) is 40.3 Å². The van der Waals surface area contributed by atoms with Gasteiger partial charge in [-0.2, -0.15) is 0 Å². The van der Waals surface area contributed by atoms with Crippen LogP contribution in [0.1, 0.15) is 25.2 Å². The number of benzene rings is 1. The van der Waals surface area contributed by atoms with Crippen LogP contribution in [-0.4, -0.2) is 31.5 Å². The first-order chi connectivity index (χ1) is 12.2. The van der Waals surface area contributed by atoms with Crippen LogP contribution in [0, 0.1) is 0 Å². The molecule has 0 N–H and O–H groups in total. The first kappa shape index (κ1) is 16.2. The van der Waals surface area contributed by atoms with E-state index in [1.807, 2.05) is 53.4 Å². The second-order valence-electron chi connectivity index (χ2n) is 6.10. The Morgan fingerprint density at radius 3 is 2.84 bits per heavy atom. The van der Waals surface area contributed by atoms with Crippen molar-refractivity contribution in [2.24, 2.45) is 7.05 Å². The summed E-state index contributed by atoms with van der Waals surface area (Å²) in [5.74, 6) is 2.59. The number of hydrogen-bond donors (Lipinski definition) is 0. The molecule has 3 aromatic rings. The zero-order valence-electron chi connectivity index (χ0n) is 14.3. The van der Waals surface area contributed by atoms with E-state index >= 15 is 0 Å². The number of ether oxygens (including phenoxy) is 1. The lowest BCUT2D eigenvalue weighted by atomic mass is 10.2. The maximum atomic E-state index is 13.0. The molecule has 1 aliphatic rings. The number of fused-ring (bicyclic) bond motifs is 2. The molecule has 0 bridgehead atoms. The minimum atomic E-state index is 0.00408. The molecule has 1 unspecified atom stereocenters. The Morgan fingerprint density at radius 1 is 1.28 bits per heavy atom. The van der Waals surface area contributed by atoms with E-state index in [1.54, 1.807) is 11.8 Å². The number of aryl methyl sites for hydroxylation is 2. The highest BCUT2D eigenvalue weighted by atomic mass is 32.2. The summed E-state index contributed by atoms with van der Waals surface area (Å²) in [5.41, 5.74) is 1.16. The van der Waals surface area contributed by atoms with E-state index in [0.29, 0.717) is 17.8 Å². The van der Waals surface area contributed by atoms with Gasteiger partial charge in [0.1, 0.15) is 11.6 Å². The van der Waals surface area contributed by atoms with Crippen LogP contribution in [0.25, 0.3) is 11.2 Å². The summed E-state index contributed by atoms with van der Waals surface area (Å²) >= 11 is 1.62. The maximum Gasteiger partial charge on any atom is 0.280 e. The van der Waals surface area contributed by atoms with Gasteiger partial charge in [0.15, 0.2) is 16.3 Å². The van der Waals surface area contributed by atoms with Crippen LogP contribution in [0.2, 0.25) is 0 Å². The fourth-order valence-electron chi connectivity index (χ4n) is 3.22. The highest BCUT2D eigenvalue weighted by Crippen LogP contribution is 2.33. The van der Waals surface area contributed by atoms with Crippen LogP contribution in [0.4, 0.5) is 0 Å². The van der Waals surface area contributed by atoms with E-state index in [-0.39, 0.29) is 11.6 Å². The molecule has 130 valence electrons. The zero-order valence-corrected chi connectivity index (χ0v) is 15.1. The highest BCUT2D eigenvalue weighted by Gasteiger charge is 2.28. The molecule has 7 heteroatoms. The fourth-order valence-corrected chi connectivity index (χ4v) is 4.40. The Balaban J connectivity index is 1.60. The summed E-state index contributed by atoms with van der Waals surface area (Å²) < 4.78 is 9.49. The first-order valence-corrected chi connectivity index (χ1v) is 9.46. The molecular weight excluding hydrogens is 336 g/mol. The van der Waals surface area contributed by atoms with Crippen molar-refractivity contribution in [2.45, 2.75) is 31.0 Å². The minimum absolute atomic E-state index is 0.00408. The van der Waals surface area contributed by atoms with Gasteiger partial charge in [-0.15, -0.1) is 0 Å². The van der Waals surface area contributed by atoms with E-state index in [1.165, 1.54) is 0 Å². The third kappa shape index (κ3) is 2.82. The molecule has 25 heavy (non-hydrogen) atoms. The minimum Gasteiger partial charge on any atom is -0.494 e. The number of thioether (sulfide) groups is 1. The third-order valence-corrected chi connectivity index (χ3v) is 5.65. The van der Waals surface area contributed by atoms with Gasteiger partial charge in [0.05, 0.1) is 12.6 Å². The second kappa shape index (κ2) is 6.55. The largest absolute Gasteiger partial charge is 0.494 e. The number of para-hydroxylation sites is 1. The van der Waals surface area contributed by atoms with Gasteiger partial charge in [-0.25, -0.2) is 9.97 Å². The van der Waals surface area contributed by atoms with E-state index in [9.17, 15) is 4.79 Å². The molecule has 2 aromatic heterocycles. The summed E-state index contributed by atoms with van der Waals surface area (Å²) in [6.45, 7) is 2.61. The van der Waals surface area contributed by atoms with Gasteiger partial charge >= 0.3 is 0 Å². The van der Waals surface area contributed by atoms with Crippen molar-refractivity contribution in [1.82, 2.24) is 19.1 Å². The van der Waals surface area contributed by atoms with Crippen LogP contribution in [0.5, 0.6) is 5.75 Å². The topological polar surface area (TPSA) is 61.9 Å². The Labute approximate surface area is 149 Å². The van der Waals surface area contributed by atoms with Crippen molar-refractivity contribution < 1.29 is 4.74 Å². The second-order valence-corrected chi connectivity index (χ2v) is 7.08. The maximum absolute atomic E-state index is 13.0. The highest BCUT2D eigenvalue weighted by molar-refractivity contribution is 7.99. The lowest BCUT2D eigenvalue weighted by Gasteiger charge is -2.14. The summed E-state index contributed by atoms with van der Waals surface area (Å²) in [4.78, 5) is 22.1. The van der Waals surface area contributed by atoms with Gasteiger partial charge in [-0.1, -0.05) is 36.9 Å². The summed E-state index contributed by atoms with van der Waals surface area (Å²) in [6, 6.07) is 9.86. The Bertz CT molecular complexity index is 965. The monoisotopic (exact) mass is 356 g/mol. The lowest BCUT2D eigenvalue weighted by Crippen LogP contribution is -2.27. The first-order valence-electron chi connectivity index (χ1n) is 8.47. The molecule has 4 rings (SSSR count). The fraction of sp³-hybridized carbons (Fsp3) is 0.389. The van der Waals surface area contributed by atoms with Gasteiger partial charge < -0.3 is 9.30 Å². The third-order valence-electron chi connectivity index (χ3n) is 4.55. The smallest absolute Gasteiger partial charge is 0.280 e. The predicted molar refractivity (Wildman–Crippen MR) is 98.5 cm³/mol. The standard InChI is InChI=1S/C18H20N4O2S/c1-3-14-19-16-15(21(14)2)17(23)22-12(11-25-18(22)20-16)9-10-24-13-7-5-4-6-8-13/h4-8,12H,3,9-11H2,1-2H3. The number of aromatic nitrogens is 4. The number of imidazole rings is 1. The number of hydrogen-bond acceptors (Lipinski definition) is 5. The van der Waals surface area contributed by atoms with Crippen molar-refractivity contribution in [2.75, 3.05) is 12.4 Å². The summed E-state index contributed by atoms with van der Waals surface area (Å²) in [5, 5.41) is 0.767. The van der Waals surface area contributed by atoms with Crippen molar-refractivity contribution >= 4 is 22.9 Å². The Hall–Kier alpha value is -2.28. The molecule has 6 nitrogen and oxygen atoms in total. The van der Waals surface area contributed by atoms with E-state index < -0.39 is 0 Å². The van der Waals surface area contributed by atoms with Crippen molar-refractivity contribution in [3.63, 3.8) is 0 Å². The molecule has 1 aromatic carbocycles. The van der Waals surface area contributed by atoms with Gasteiger partial charge in [-0.05, 0) is 12.1 Å². The number of rotatable bonds is 5. The van der Waals surface area contributed by atoms with E-state index in [4.69, 9.17) is 4.74 Å². The number of nitrogens with zero attached hydrogens (tertiary/aromatic N) is 4. The van der Waals surface area contributed by atoms with Gasteiger partial charge in [0.2, 0.25) is 0 Å². The molecule has 0 saturated heterocycles. The Kier molecular flexibility index (Phi) is 4.25. The molecule has 1 aliphatic heterocycles. The quantitative estimate of drug-likeness (QED) is 0.658. The normalized spacial score (nSPS) is 16.3. The predicted octanol–water partition coefficient (Wildman–Crippen LogP) is 2.81. The molecule has 0 aliphatic carbocycles. The molecule has 3 heterocycles. The molecule has 0 amide bonds. The molecule has 0 fully saturated rings. The SMILES string of the molecule is CCc1nc2nc3n(c(=O)c2n1C)C(CCOc1ccccc1)CS3. The van der Waals surface area contributed by atoms with Crippen LogP contribution >= 0.6 is 11.8 Å². The Morgan fingerprint density at radius 2 is 2.08 bits per heavy atom. The van der Waals surface area contributed by atoms with Crippen molar-refractivity contribution in [3.05, 3.63) is 46.5 Å². The molecule has 0 spiro atoms. The average Bonchev–Trinajstić information content (AvgIpc) is 3.17. The van der Waals surface area contributed by atoms with Crippen LogP contribution in [0.3, 0.4) is 0 Å². The van der Waals surface area contributed by atoms with Crippen LogP contribution in [-0.2, 0) is 13.5 Å². The molecule has 1 atom stereocenters. The summed E-state index contributed by atoms with van der Waals surface area (Å²) in [7, 11) is 1.89. The van der Waals surface area contributed by atoms with E-state index in [2.05, 4.69) is 9.97 Å². The van der Waals surface area contributed by atoms with Gasteiger partial charge in [-0.3, -0.25) is 9.36 Å². The van der Waals surface area contributed by atoms with Crippen molar-refractivity contribution in [1.29, 1.82) is 0 Å². The van der Waals surface area contributed by atoms with Crippen molar-refractivity contribution in [3.8, 4) is 5.75 Å². The summed E-state index contributed by atoms with van der Waals surface area (Å²) in [6.07, 6.45) is 1.56. The average molecular weight is 356 g/mol. The molecule has 0 radical (unpaired) electrons. The lowest BCUT2D eigenvalue weighted by molar-refractivity contribution is 0.281.